The van der Waals surface area contributed by atoms with Crippen LogP contribution in [0.4, 0.5) is 18.9 Å². The molecule has 0 unspecified atom stereocenters. The molecule has 0 fully saturated rings. The topological polar surface area (TPSA) is 59.8 Å². The second kappa shape index (κ2) is 6.15. The van der Waals surface area contributed by atoms with Crippen LogP contribution in [0.1, 0.15) is 15.9 Å². The molecule has 1 aromatic heterocycles. The van der Waals surface area contributed by atoms with E-state index >= 15 is 0 Å². The molecule has 0 spiro atoms. The quantitative estimate of drug-likeness (QED) is 0.798. The molecule has 24 heavy (non-hydrogen) atoms. The molecule has 0 atom stereocenters. The summed E-state index contributed by atoms with van der Waals surface area (Å²) in [6, 6.07) is 10.9. The van der Waals surface area contributed by atoms with Gasteiger partial charge in [-0.15, -0.1) is 0 Å². The number of carbonyl (C=O) groups excluding carboxylic acids is 1. The largest absolute Gasteiger partial charge is 0.416 e. The average Bonchev–Trinajstić information content (AvgIpc) is 3.09. The Morgan fingerprint density at radius 1 is 1.08 bits per heavy atom. The molecule has 0 aliphatic rings. The second-order valence-corrected chi connectivity index (χ2v) is 4.92. The fourth-order valence-electron chi connectivity index (χ4n) is 2.08. The van der Waals surface area contributed by atoms with Gasteiger partial charge in [0.1, 0.15) is 12.7 Å². The molecule has 0 saturated heterocycles. The molecule has 0 saturated carbocycles. The summed E-state index contributed by atoms with van der Waals surface area (Å²) in [5, 5.41) is 6.41. The molecule has 1 amide bonds. The molecular weight excluding hydrogens is 321 g/mol. The van der Waals surface area contributed by atoms with Crippen molar-refractivity contribution in [2.75, 3.05) is 5.32 Å². The van der Waals surface area contributed by atoms with Crippen LogP contribution in [0.25, 0.3) is 5.69 Å². The Morgan fingerprint density at radius 3 is 2.46 bits per heavy atom. The predicted octanol–water partition coefficient (Wildman–Crippen LogP) is 3.54. The molecule has 1 heterocycles. The number of nitrogens with zero attached hydrogens (tertiary/aromatic N) is 3. The average molecular weight is 332 g/mol. The first-order valence-corrected chi connectivity index (χ1v) is 6.87. The van der Waals surface area contributed by atoms with Crippen molar-refractivity contribution in [1.82, 2.24) is 14.8 Å². The van der Waals surface area contributed by atoms with Crippen LogP contribution in [0, 0.1) is 0 Å². The lowest BCUT2D eigenvalue weighted by Crippen LogP contribution is -2.13. The number of aromatic nitrogens is 3. The summed E-state index contributed by atoms with van der Waals surface area (Å²) >= 11 is 0. The van der Waals surface area contributed by atoms with E-state index in [0.29, 0.717) is 11.3 Å². The van der Waals surface area contributed by atoms with E-state index in [0.717, 1.165) is 12.1 Å². The summed E-state index contributed by atoms with van der Waals surface area (Å²) in [6.07, 6.45) is -1.56. The van der Waals surface area contributed by atoms with Gasteiger partial charge in [-0.1, -0.05) is 6.07 Å². The van der Waals surface area contributed by atoms with E-state index in [4.69, 9.17) is 0 Å². The van der Waals surface area contributed by atoms with Gasteiger partial charge in [0.2, 0.25) is 0 Å². The highest BCUT2D eigenvalue weighted by Crippen LogP contribution is 2.30. The van der Waals surface area contributed by atoms with Crippen LogP contribution in [-0.2, 0) is 6.18 Å². The number of benzene rings is 2. The Labute approximate surface area is 134 Å². The van der Waals surface area contributed by atoms with E-state index < -0.39 is 17.6 Å². The molecule has 5 nitrogen and oxygen atoms in total. The smallest absolute Gasteiger partial charge is 0.322 e. The van der Waals surface area contributed by atoms with Crippen molar-refractivity contribution in [3.05, 3.63) is 72.3 Å². The third-order valence-electron chi connectivity index (χ3n) is 3.26. The number of nitrogens with one attached hydrogen (secondary N) is 1. The van der Waals surface area contributed by atoms with Crippen molar-refractivity contribution >= 4 is 11.6 Å². The maximum Gasteiger partial charge on any atom is 0.416 e. The Balaban J connectivity index is 1.76. The normalized spacial score (nSPS) is 11.3. The van der Waals surface area contributed by atoms with Gasteiger partial charge in [0.15, 0.2) is 0 Å². The Kier molecular flexibility index (Phi) is 4.03. The maximum atomic E-state index is 12.7. The molecular formula is C16H11F3N4O. The molecule has 3 aromatic rings. The summed E-state index contributed by atoms with van der Waals surface area (Å²) in [6.45, 7) is 0. The lowest BCUT2D eigenvalue weighted by Gasteiger charge is -2.10. The predicted molar refractivity (Wildman–Crippen MR) is 80.8 cm³/mol. The number of hydrogen-bond donors (Lipinski definition) is 1. The van der Waals surface area contributed by atoms with Crippen LogP contribution in [0.5, 0.6) is 0 Å². The zero-order valence-corrected chi connectivity index (χ0v) is 12.2. The number of rotatable bonds is 3. The lowest BCUT2D eigenvalue weighted by atomic mass is 10.1. The highest BCUT2D eigenvalue weighted by molar-refractivity contribution is 6.04. The van der Waals surface area contributed by atoms with Crippen molar-refractivity contribution in [3.63, 3.8) is 0 Å². The van der Waals surface area contributed by atoms with Crippen LogP contribution >= 0.6 is 0 Å². The third-order valence-corrected chi connectivity index (χ3v) is 3.26. The molecule has 0 aliphatic heterocycles. The minimum atomic E-state index is -4.46. The number of amides is 1. The third kappa shape index (κ3) is 3.43. The summed E-state index contributed by atoms with van der Waals surface area (Å²) in [5.41, 5.74) is 0.288. The van der Waals surface area contributed by atoms with Crippen molar-refractivity contribution in [1.29, 1.82) is 0 Å². The molecule has 0 bridgehead atoms. The number of alkyl halides is 3. The van der Waals surface area contributed by atoms with Crippen LogP contribution in [0.2, 0.25) is 0 Å². The van der Waals surface area contributed by atoms with Gasteiger partial charge in [0.05, 0.1) is 11.3 Å². The van der Waals surface area contributed by atoms with Crippen LogP contribution < -0.4 is 5.32 Å². The molecule has 8 heteroatoms. The van der Waals surface area contributed by atoms with Gasteiger partial charge < -0.3 is 5.32 Å². The van der Waals surface area contributed by atoms with Crippen molar-refractivity contribution in [2.45, 2.75) is 6.18 Å². The van der Waals surface area contributed by atoms with E-state index in [1.165, 1.54) is 29.5 Å². The van der Waals surface area contributed by atoms with Gasteiger partial charge in [0, 0.05) is 11.3 Å². The summed E-state index contributed by atoms with van der Waals surface area (Å²) in [5.74, 6) is -0.500. The molecule has 1 N–H and O–H groups in total. The van der Waals surface area contributed by atoms with Crippen molar-refractivity contribution in [2.24, 2.45) is 0 Å². The SMILES string of the molecule is O=C(Nc1cccc(C(F)(F)F)c1)c1ccc(-n2cncn2)cc1. The van der Waals surface area contributed by atoms with E-state index in [2.05, 4.69) is 15.4 Å². The number of carbonyl (C=O) groups is 1. The van der Waals surface area contributed by atoms with Gasteiger partial charge in [-0.05, 0) is 42.5 Å². The minimum absolute atomic E-state index is 0.0789. The van der Waals surface area contributed by atoms with Crippen LogP contribution in [-0.4, -0.2) is 20.7 Å². The first kappa shape index (κ1) is 15.7. The van der Waals surface area contributed by atoms with Gasteiger partial charge >= 0.3 is 6.18 Å². The minimum Gasteiger partial charge on any atom is -0.322 e. The fourth-order valence-corrected chi connectivity index (χ4v) is 2.08. The molecule has 3 rings (SSSR count). The monoisotopic (exact) mass is 332 g/mol. The Hall–Kier alpha value is -3.16. The number of halogens is 3. The number of anilines is 1. The highest BCUT2D eigenvalue weighted by atomic mass is 19.4. The zero-order valence-electron chi connectivity index (χ0n) is 12.2. The lowest BCUT2D eigenvalue weighted by molar-refractivity contribution is -0.137. The summed E-state index contributed by atoms with van der Waals surface area (Å²) < 4.78 is 39.6. The van der Waals surface area contributed by atoms with E-state index in [1.54, 1.807) is 24.3 Å². The first-order chi connectivity index (χ1) is 11.4. The highest BCUT2D eigenvalue weighted by Gasteiger charge is 2.30. The standard InChI is InChI=1S/C16H11F3N4O/c17-16(18,19)12-2-1-3-13(8-12)22-15(24)11-4-6-14(7-5-11)23-10-20-9-21-23/h1-10H,(H,22,24). The van der Waals surface area contributed by atoms with Crippen LogP contribution in [0.3, 0.4) is 0 Å². The van der Waals surface area contributed by atoms with Gasteiger partial charge in [0.25, 0.3) is 5.91 Å². The molecule has 2 aromatic carbocycles. The summed E-state index contributed by atoms with van der Waals surface area (Å²) in [4.78, 5) is 16.0. The molecule has 0 radical (unpaired) electrons. The molecule has 122 valence electrons. The van der Waals surface area contributed by atoms with Crippen molar-refractivity contribution < 1.29 is 18.0 Å². The first-order valence-electron chi connectivity index (χ1n) is 6.87. The van der Waals surface area contributed by atoms with Gasteiger partial charge in [-0.25, -0.2) is 9.67 Å². The van der Waals surface area contributed by atoms with E-state index in [1.807, 2.05) is 0 Å². The summed E-state index contributed by atoms with van der Waals surface area (Å²) in [7, 11) is 0. The Bertz CT molecular complexity index is 843. The van der Waals surface area contributed by atoms with Gasteiger partial charge in [-0.2, -0.15) is 18.3 Å². The number of hydrogen-bond acceptors (Lipinski definition) is 3. The Morgan fingerprint density at radius 2 is 1.83 bits per heavy atom. The fraction of sp³-hybridized carbons (Fsp3) is 0.0625. The van der Waals surface area contributed by atoms with E-state index in [-0.39, 0.29) is 5.69 Å². The molecule has 0 aliphatic carbocycles. The van der Waals surface area contributed by atoms with Crippen molar-refractivity contribution in [3.8, 4) is 5.69 Å². The second-order valence-electron chi connectivity index (χ2n) is 4.92. The van der Waals surface area contributed by atoms with Crippen LogP contribution in [0.15, 0.2) is 61.2 Å². The van der Waals surface area contributed by atoms with Gasteiger partial charge in [-0.3, -0.25) is 4.79 Å². The maximum absolute atomic E-state index is 12.7. The zero-order chi connectivity index (χ0) is 17.2. The van der Waals surface area contributed by atoms with E-state index in [9.17, 15) is 18.0 Å².